The lowest BCUT2D eigenvalue weighted by Crippen LogP contribution is -2.40. The summed E-state index contributed by atoms with van der Waals surface area (Å²) >= 11 is 0. The highest BCUT2D eigenvalue weighted by Crippen LogP contribution is 2.26. The summed E-state index contributed by atoms with van der Waals surface area (Å²) in [5, 5.41) is 3.94. The smallest absolute Gasteiger partial charge is 0.231 e. The number of aromatic nitrogens is 2. The van der Waals surface area contributed by atoms with Crippen molar-refractivity contribution in [1.82, 2.24) is 19.9 Å². The second-order valence-corrected chi connectivity index (χ2v) is 6.32. The maximum Gasteiger partial charge on any atom is 0.231 e. The predicted octanol–water partition coefficient (Wildman–Crippen LogP) is 1.35. The molecular formula is C16H24N4O3. The fraction of sp³-hybridized carbons (Fsp3) is 0.750. The molecule has 7 nitrogen and oxygen atoms in total. The average Bonchev–Trinajstić information content (AvgIpc) is 3.18. The molecule has 0 N–H and O–H groups in total. The Kier molecular flexibility index (Phi) is 4.93. The van der Waals surface area contributed by atoms with Crippen molar-refractivity contribution in [3.8, 4) is 0 Å². The van der Waals surface area contributed by atoms with E-state index in [0.29, 0.717) is 31.8 Å². The summed E-state index contributed by atoms with van der Waals surface area (Å²) < 4.78 is 5.33. The zero-order valence-electron chi connectivity index (χ0n) is 13.7. The number of hydrogen-bond acceptors (Lipinski definition) is 5. The average molecular weight is 320 g/mol. The van der Waals surface area contributed by atoms with Crippen LogP contribution >= 0.6 is 0 Å². The Hall–Kier alpha value is -1.92. The van der Waals surface area contributed by atoms with Gasteiger partial charge in [-0.1, -0.05) is 12.1 Å². The molecule has 2 saturated heterocycles. The van der Waals surface area contributed by atoms with E-state index in [1.165, 1.54) is 0 Å². The van der Waals surface area contributed by atoms with Gasteiger partial charge in [-0.05, 0) is 19.3 Å². The molecule has 2 amide bonds. The molecule has 1 aromatic rings. The van der Waals surface area contributed by atoms with E-state index in [9.17, 15) is 9.59 Å². The first-order valence-corrected chi connectivity index (χ1v) is 8.55. The third kappa shape index (κ3) is 3.71. The fourth-order valence-electron chi connectivity index (χ4n) is 3.30. The largest absolute Gasteiger partial charge is 0.343 e. The number of likely N-dealkylation sites (tertiary alicyclic amines) is 2. The van der Waals surface area contributed by atoms with Crippen LogP contribution in [-0.2, 0) is 16.0 Å². The molecule has 3 rings (SSSR count). The summed E-state index contributed by atoms with van der Waals surface area (Å²) in [6.45, 7) is 4.92. The Morgan fingerprint density at radius 3 is 2.65 bits per heavy atom. The van der Waals surface area contributed by atoms with Gasteiger partial charge in [-0.2, -0.15) is 4.98 Å². The Morgan fingerprint density at radius 2 is 1.96 bits per heavy atom. The van der Waals surface area contributed by atoms with Crippen LogP contribution < -0.4 is 0 Å². The molecule has 3 heterocycles. The van der Waals surface area contributed by atoms with Crippen LogP contribution in [-0.4, -0.2) is 57.9 Å². The van der Waals surface area contributed by atoms with Gasteiger partial charge in [0.05, 0.1) is 5.92 Å². The Morgan fingerprint density at radius 1 is 1.17 bits per heavy atom. The predicted molar refractivity (Wildman–Crippen MR) is 82.7 cm³/mol. The van der Waals surface area contributed by atoms with Crippen LogP contribution in [0.4, 0.5) is 0 Å². The molecule has 0 aromatic carbocycles. The van der Waals surface area contributed by atoms with E-state index in [2.05, 4.69) is 10.1 Å². The van der Waals surface area contributed by atoms with Crippen LogP contribution in [0.25, 0.3) is 0 Å². The minimum Gasteiger partial charge on any atom is -0.343 e. The SMILES string of the molecule is CCc1noc([C@H]2CCC(=O)N(CCCN3CCCC3=O)C2)n1. The van der Waals surface area contributed by atoms with E-state index in [0.717, 1.165) is 44.6 Å². The second-order valence-electron chi connectivity index (χ2n) is 6.32. The molecule has 0 aliphatic carbocycles. The summed E-state index contributed by atoms with van der Waals surface area (Å²) in [6, 6.07) is 0. The first kappa shape index (κ1) is 16.0. The summed E-state index contributed by atoms with van der Waals surface area (Å²) in [6.07, 6.45) is 4.50. The highest BCUT2D eigenvalue weighted by Gasteiger charge is 2.30. The molecule has 1 atom stereocenters. The van der Waals surface area contributed by atoms with Crippen molar-refractivity contribution < 1.29 is 14.1 Å². The van der Waals surface area contributed by atoms with E-state index < -0.39 is 0 Å². The monoisotopic (exact) mass is 320 g/mol. The maximum atomic E-state index is 12.1. The molecular weight excluding hydrogens is 296 g/mol. The quantitative estimate of drug-likeness (QED) is 0.790. The van der Waals surface area contributed by atoms with Crippen LogP contribution in [0.3, 0.4) is 0 Å². The van der Waals surface area contributed by atoms with Gasteiger partial charge in [-0.25, -0.2) is 0 Å². The Balaban J connectivity index is 1.51. The molecule has 0 spiro atoms. The van der Waals surface area contributed by atoms with Crippen molar-refractivity contribution in [3.05, 3.63) is 11.7 Å². The Bertz CT molecular complexity index is 571. The molecule has 0 bridgehead atoms. The minimum absolute atomic E-state index is 0.133. The van der Waals surface area contributed by atoms with Crippen molar-refractivity contribution in [1.29, 1.82) is 0 Å². The number of piperidine rings is 1. The normalized spacial score (nSPS) is 22.2. The van der Waals surface area contributed by atoms with Crippen LogP contribution in [0, 0.1) is 0 Å². The molecule has 2 aliphatic rings. The standard InChI is InChI=1S/C16H24N4O3/c1-2-13-17-16(23-18-13)12-6-7-15(22)20(11-12)10-4-9-19-8-3-5-14(19)21/h12H,2-11H2,1H3/t12-/m0/s1. The molecule has 126 valence electrons. The number of carbonyl (C=O) groups is 2. The van der Waals surface area contributed by atoms with Gasteiger partial charge in [-0.15, -0.1) is 0 Å². The van der Waals surface area contributed by atoms with Crippen LogP contribution in [0.1, 0.15) is 56.7 Å². The van der Waals surface area contributed by atoms with Crippen molar-refractivity contribution in [3.63, 3.8) is 0 Å². The number of rotatable bonds is 6. The van der Waals surface area contributed by atoms with Gasteiger partial charge in [0.15, 0.2) is 5.82 Å². The van der Waals surface area contributed by atoms with E-state index in [-0.39, 0.29) is 17.7 Å². The first-order valence-electron chi connectivity index (χ1n) is 8.55. The lowest BCUT2D eigenvalue weighted by molar-refractivity contribution is -0.134. The number of hydrogen-bond donors (Lipinski definition) is 0. The van der Waals surface area contributed by atoms with Crippen molar-refractivity contribution in [2.75, 3.05) is 26.2 Å². The first-order chi connectivity index (χ1) is 11.2. The van der Waals surface area contributed by atoms with Crippen molar-refractivity contribution in [2.45, 2.75) is 51.4 Å². The molecule has 0 radical (unpaired) electrons. The van der Waals surface area contributed by atoms with Gasteiger partial charge in [0.25, 0.3) is 0 Å². The summed E-state index contributed by atoms with van der Waals surface area (Å²) in [5.41, 5.74) is 0. The van der Waals surface area contributed by atoms with Crippen LogP contribution in [0.2, 0.25) is 0 Å². The zero-order chi connectivity index (χ0) is 16.2. The van der Waals surface area contributed by atoms with Gasteiger partial charge < -0.3 is 14.3 Å². The van der Waals surface area contributed by atoms with Crippen molar-refractivity contribution in [2.24, 2.45) is 0 Å². The number of amides is 2. The molecule has 0 saturated carbocycles. The van der Waals surface area contributed by atoms with Crippen LogP contribution in [0.5, 0.6) is 0 Å². The summed E-state index contributed by atoms with van der Waals surface area (Å²) in [4.78, 5) is 31.9. The highest BCUT2D eigenvalue weighted by molar-refractivity contribution is 5.78. The highest BCUT2D eigenvalue weighted by atomic mass is 16.5. The minimum atomic E-state index is 0.133. The molecule has 0 unspecified atom stereocenters. The van der Waals surface area contributed by atoms with E-state index in [1.807, 2.05) is 16.7 Å². The van der Waals surface area contributed by atoms with Gasteiger partial charge in [0, 0.05) is 45.4 Å². The third-order valence-corrected chi connectivity index (χ3v) is 4.68. The molecule has 2 fully saturated rings. The lowest BCUT2D eigenvalue weighted by Gasteiger charge is -2.31. The maximum absolute atomic E-state index is 12.1. The molecule has 7 heteroatoms. The second kappa shape index (κ2) is 7.10. The van der Waals surface area contributed by atoms with E-state index in [1.54, 1.807) is 0 Å². The van der Waals surface area contributed by atoms with Crippen LogP contribution in [0.15, 0.2) is 4.52 Å². The summed E-state index contributed by atoms with van der Waals surface area (Å²) in [5.74, 6) is 1.93. The van der Waals surface area contributed by atoms with Gasteiger partial charge in [-0.3, -0.25) is 9.59 Å². The number of carbonyl (C=O) groups excluding carboxylic acids is 2. The van der Waals surface area contributed by atoms with Crippen molar-refractivity contribution >= 4 is 11.8 Å². The Labute approximate surface area is 136 Å². The van der Waals surface area contributed by atoms with Gasteiger partial charge in [0.2, 0.25) is 17.7 Å². The third-order valence-electron chi connectivity index (χ3n) is 4.68. The van der Waals surface area contributed by atoms with E-state index >= 15 is 0 Å². The number of nitrogens with zero attached hydrogens (tertiary/aromatic N) is 4. The fourth-order valence-corrected chi connectivity index (χ4v) is 3.30. The van der Waals surface area contributed by atoms with Gasteiger partial charge >= 0.3 is 0 Å². The zero-order valence-corrected chi connectivity index (χ0v) is 13.7. The number of aryl methyl sites for hydroxylation is 1. The molecule has 23 heavy (non-hydrogen) atoms. The molecule has 1 aromatic heterocycles. The summed E-state index contributed by atoms with van der Waals surface area (Å²) in [7, 11) is 0. The van der Waals surface area contributed by atoms with E-state index in [4.69, 9.17) is 4.52 Å². The lowest BCUT2D eigenvalue weighted by atomic mass is 9.97. The van der Waals surface area contributed by atoms with Gasteiger partial charge in [0.1, 0.15) is 0 Å². The molecule has 2 aliphatic heterocycles. The topological polar surface area (TPSA) is 79.5 Å².